The van der Waals surface area contributed by atoms with Crippen LogP contribution < -0.4 is 26.1 Å². The van der Waals surface area contributed by atoms with Gasteiger partial charge in [-0.2, -0.15) is 11.8 Å². The third-order valence-corrected chi connectivity index (χ3v) is 6.57. The normalized spacial score (nSPS) is 23.0. The van der Waals surface area contributed by atoms with Crippen molar-refractivity contribution in [3.05, 3.63) is 29.4 Å². The fourth-order valence-electron chi connectivity index (χ4n) is 3.48. The Morgan fingerprint density at radius 3 is 2.73 bits per heavy atom. The highest BCUT2D eigenvalue weighted by molar-refractivity contribution is 8.00. The van der Waals surface area contributed by atoms with Crippen LogP contribution in [-0.4, -0.2) is 47.0 Å². The number of urea groups is 1. The van der Waals surface area contributed by atoms with Crippen molar-refractivity contribution in [3.8, 4) is 5.75 Å². The molecule has 2 fully saturated rings. The van der Waals surface area contributed by atoms with Gasteiger partial charge in [0, 0.05) is 17.4 Å². The Kier molecular flexibility index (Phi) is 7.12. The predicted octanol–water partition coefficient (Wildman–Crippen LogP) is 1.77. The molecule has 1 aromatic carbocycles. The van der Waals surface area contributed by atoms with Crippen LogP contribution in [0.5, 0.6) is 5.75 Å². The van der Waals surface area contributed by atoms with Crippen molar-refractivity contribution >= 4 is 35.4 Å². The average Bonchev–Trinajstić information content (AvgIpc) is 3.26. The molecule has 0 radical (unpaired) electrons. The molecule has 1 aromatic rings. The van der Waals surface area contributed by atoms with Crippen molar-refractivity contribution in [1.82, 2.24) is 10.6 Å². The molecule has 3 amide bonds. The average molecular weight is 434 g/mol. The molecule has 0 aromatic heterocycles. The first kappa shape index (κ1) is 21.9. The van der Waals surface area contributed by atoms with Gasteiger partial charge < -0.3 is 21.1 Å². The second kappa shape index (κ2) is 9.77. The van der Waals surface area contributed by atoms with Crippen LogP contribution in [0.2, 0.25) is 0 Å². The zero-order chi connectivity index (χ0) is 21.7. The third kappa shape index (κ3) is 5.20. The second-order valence-electron chi connectivity index (χ2n) is 7.37. The number of nitrogens with one attached hydrogen (secondary N) is 2. The molecule has 0 bridgehead atoms. The van der Waals surface area contributed by atoms with Gasteiger partial charge in [-0.3, -0.25) is 4.79 Å². The molecule has 2 heterocycles. The van der Waals surface area contributed by atoms with E-state index < -0.39 is 12.0 Å². The molecule has 0 unspecified atom stereocenters. The number of thioether (sulfide) groups is 1. The molecule has 0 saturated carbocycles. The summed E-state index contributed by atoms with van der Waals surface area (Å²) in [5.74, 6) is 0.278. The van der Waals surface area contributed by atoms with Crippen LogP contribution in [0.3, 0.4) is 0 Å². The van der Waals surface area contributed by atoms with Crippen molar-refractivity contribution in [1.29, 1.82) is 5.39 Å². The minimum absolute atomic E-state index is 0.107. The first-order chi connectivity index (χ1) is 14.4. The van der Waals surface area contributed by atoms with E-state index in [0.29, 0.717) is 17.4 Å². The quantitative estimate of drug-likeness (QED) is 0.142. The Labute approximate surface area is 178 Å². The first-order valence-corrected chi connectivity index (χ1v) is 10.9. The summed E-state index contributed by atoms with van der Waals surface area (Å²) in [5, 5.41) is 19.5. The van der Waals surface area contributed by atoms with Gasteiger partial charge >= 0.3 is 23.0 Å². The van der Waals surface area contributed by atoms with Gasteiger partial charge in [-0.1, -0.05) is 6.42 Å². The number of hydrogen-bond acceptors (Lipinski definition) is 7. The standard InChI is InChI=1S/C19H24N6O4S/c1-11(20)18(27)29-13-8-6-12(7-9-13)25(24-21)16(26)5-3-2-4-15-17-14(10-30-15)22-19(28)23-17/h6-9,11,14-15,17H,2-5,10,20H2,1H3,(H-,22,23,28)/p+1/t11-,14-,15-,17-/m0/s1. The largest absolute Gasteiger partial charge is 0.425 e. The van der Waals surface area contributed by atoms with Crippen LogP contribution >= 0.6 is 11.8 Å². The van der Waals surface area contributed by atoms with Gasteiger partial charge in [-0.05, 0) is 44.0 Å². The molecular formula is C19H25N6O4S+. The topological polar surface area (TPSA) is 142 Å². The Balaban J connectivity index is 1.45. The number of ether oxygens (including phenoxy) is 1. The molecule has 2 saturated heterocycles. The maximum absolute atomic E-state index is 12.4. The molecule has 3 rings (SSSR count). The number of unbranched alkanes of at least 4 members (excludes halogenated alkanes) is 1. The van der Waals surface area contributed by atoms with E-state index in [1.807, 2.05) is 11.8 Å². The van der Waals surface area contributed by atoms with E-state index >= 15 is 0 Å². The summed E-state index contributed by atoms with van der Waals surface area (Å²) in [6, 6.07) is 5.52. The molecule has 2 aliphatic heterocycles. The molecular weight excluding hydrogens is 408 g/mol. The lowest BCUT2D eigenvalue weighted by molar-refractivity contribution is -0.135. The Bertz CT molecular complexity index is 840. The number of amides is 3. The van der Waals surface area contributed by atoms with Gasteiger partial charge in [-0.15, -0.1) is 0 Å². The lowest BCUT2D eigenvalue weighted by Crippen LogP contribution is -2.36. The Morgan fingerprint density at radius 2 is 2.07 bits per heavy atom. The third-order valence-electron chi connectivity index (χ3n) is 5.06. The van der Waals surface area contributed by atoms with Crippen LogP contribution in [0.25, 0.3) is 5.08 Å². The summed E-state index contributed by atoms with van der Waals surface area (Å²) in [7, 11) is 0. The van der Waals surface area contributed by atoms with Crippen LogP contribution in [0, 0.1) is 5.39 Å². The molecule has 2 aliphatic rings. The number of esters is 1. The number of hydrogen-bond donors (Lipinski definition) is 3. The van der Waals surface area contributed by atoms with Crippen LogP contribution in [-0.2, 0) is 9.59 Å². The number of carbonyl (C=O) groups excluding carboxylic acids is 3. The fraction of sp³-hybridized carbons (Fsp3) is 0.526. The van der Waals surface area contributed by atoms with E-state index in [9.17, 15) is 19.8 Å². The van der Waals surface area contributed by atoms with E-state index in [-0.39, 0.29) is 36.2 Å². The lowest BCUT2D eigenvalue weighted by Gasteiger charge is -2.16. The van der Waals surface area contributed by atoms with Crippen molar-refractivity contribution < 1.29 is 19.1 Å². The summed E-state index contributed by atoms with van der Waals surface area (Å²) < 4.78 is 5.08. The van der Waals surface area contributed by atoms with Crippen molar-refractivity contribution in [2.75, 3.05) is 10.8 Å². The van der Waals surface area contributed by atoms with Crippen LogP contribution in [0.1, 0.15) is 32.6 Å². The number of benzene rings is 1. The summed E-state index contributed by atoms with van der Waals surface area (Å²) in [4.78, 5) is 35.4. The van der Waals surface area contributed by atoms with Gasteiger partial charge in [0.2, 0.25) is 0 Å². The fourth-order valence-corrected chi connectivity index (χ4v) is 5.02. The number of diazo groups is 1. The second-order valence-corrected chi connectivity index (χ2v) is 8.64. The molecule has 10 nitrogen and oxygen atoms in total. The Hall–Kier alpha value is -2.84. The minimum atomic E-state index is -0.745. The predicted molar refractivity (Wildman–Crippen MR) is 112 cm³/mol. The van der Waals surface area contributed by atoms with Crippen molar-refractivity contribution in [2.45, 2.75) is 56.0 Å². The number of nitrogens with two attached hydrogens (primary N) is 1. The van der Waals surface area contributed by atoms with Gasteiger partial charge in [0.1, 0.15) is 17.5 Å². The summed E-state index contributed by atoms with van der Waals surface area (Å²) >= 11 is 1.84. The SMILES string of the molecule is C[C@H](N)C(=O)Oc1ccc(N([N+]#N)C(=O)CCCC[C@@H]2SC[C@@H]3NC(=O)N[C@@H]32)cc1. The molecule has 0 spiro atoms. The molecule has 0 aliphatic carbocycles. The molecule has 11 heteroatoms. The lowest BCUT2D eigenvalue weighted by atomic mass is 10.0. The number of carbonyl (C=O) groups is 3. The Morgan fingerprint density at radius 1 is 1.33 bits per heavy atom. The monoisotopic (exact) mass is 433 g/mol. The van der Waals surface area contributed by atoms with E-state index in [1.165, 1.54) is 31.2 Å². The van der Waals surface area contributed by atoms with Crippen LogP contribution in [0.4, 0.5) is 10.5 Å². The highest BCUT2D eigenvalue weighted by atomic mass is 32.2. The van der Waals surface area contributed by atoms with E-state index in [4.69, 9.17) is 10.5 Å². The summed E-state index contributed by atoms with van der Waals surface area (Å²) in [6.07, 6.45) is 2.59. The van der Waals surface area contributed by atoms with E-state index in [1.54, 1.807) is 0 Å². The zero-order valence-corrected chi connectivity index (χ0v) is 17.4. The summed E-state index contributed by atoms with van der Waals surface area (Å²) in [6.45, 7) is 1.52. The smallest absolute Gasteiger partial charge is 0.328 e. The number of rotatable bonds is 8. The molecule has 4 atom stereocenters. The zero-order valence-electron chi connectivity index (χ0n) is 16.6. The van der Waals surface area contributed by atoms with Gasteiger partial charge in [0.05, 0.1) is 17.1 Å². The number of anilines is 1. The minimum Gasteiger partial charge on any atom is -0.425 e. The molecule has 4 N–H and O–H groups in total. The van der Waals surface area contributed by atoms with Crippen LogP contribution in [0.15, 0.2) is 24.3 Å². The summed E-state index contributed by atoms with van der Waals surface area (Å²) in [5.41, 5.74) is 5.81. The van der Waals surface area contributed by atoms with Crippen molar-refractivity contribution in [2.24, 2.45) is 5.73 Å². The highest BCUT2D eigenvalue weighted by Crippen LogP contribution is 2.33. The molecule has 160 valence electrons. The van der Waals surface area contributed by atoms with E-state index in [2.05, 4.69) is 15.7 Å². The van der Waals surface area contributed by atoms with Gasteiger partial charge in [-0.25, -0.2) is 9.59 Å². The van der Waals surface area contributed by atoms with E-state index in [0.717, 1.165) is 23.6 Å². The number of fused-ring (bicyclic) bond motifs is 1. The van der Waals surface area contributed by atoms with Crippen molar-refractivity contribution in [3.63, 3.8) is 0 Å². The van der Waals surface area contributed by atoms with Gasteiger partial charge in [0.25, 0.3) is 5.39 Å². The highest BCUT2D eigenvalue weighted by Gasteiger charge is 2.42. The number of nitrogens with zero attached hydrogens (tertiary/aromatic N) is 3. The van der Waals surface area contributed by atoms with Gasteiger partial charge in [0.15, 0.2) is 0 Å². The maximum Gasteiger partial charge on any atom is 0.328 e. The molecule has 30 heavy (non-hydrogen) atoms. The maximum atomic E-state index is 12.4. The first-order valence-electron chi connectivity index (χ1n) is 9.83.